The fourth-order valence-electron chi connectivity index (χ4n) is 4.27. The highest BCUT2D eigenvalue weighted by atomic mass is 32.1. The second-order valence-electron chi connectivity index (χ2n) is 8.02. The smallest absolute Gasteiger partial charge is 0.262 e. The number of fused-ring (bicyclic) bond motifs is 3. The fourth-order valence-corrected chi connectivity index (χ4v) is 5.53. The first kappa shape index (κ1) is 20.0. The number of benzene rings is 2. The summed E-state index contributed by atoms with van der Waals surface area (Å²) in [5.74, 6) is 0.877. The van der Waals surface area contributed by atoms with E-state index in [1.54, 1.807) is 29.3 Å². The molecule has 0 fully saturated rings. The second-order valence-corrected chi connectivity index (χ2v) is 9.10. The van der Waals surface area contributed by atoms with Crippen LogP contribution in [0.3, 0.4) is 0 Å². The molecule has 0 aliphatic heterocycles. The van der Waals surface area contributed by atoms with E-state index in [1.807, 2.05) is 42.5 Å². The second kappa shape index (κ2) is 8.65. The first-order valence-electron chi connectivity index (χ1n) is 10.6. The average molecular weight is 432 g/mol. The molecule has 5 nitrogen and oxygen atoms in total. The minimum absolute atomic E-state index is 0.0796. The summed E-state index contributed by atoms with van der Waals surface area (Å²) in [6, 6.07) is 18.7. The first-order valence-corrected chi connectivity index (χ1v) is 11.4. The van der Waals surface area contributed by atoms with Crippen molar-refractivity contribution in [3.8, 4) is 5.75 Å². The van der Waals surface area contributed by atoms with Crippen LogP contribution in [0.2, 0.25) is 0 Å². The highest BCUT2D eigenvalue weighted by molar-refractivity contribution is 7.18. The number of rotatable bonds is 6. The van der Waals surface area contributed by atoms with Crippen molar-refractivity contribution in [2.45, 2.75) is 38.4 Å². The SMILES string of the molecule is COc1ccc(CNC2CCc3c(sc4ncn(Cc5ccccc5)c(=O)c34)C2)cc1. The van der Waals surface area contributed by atoms with Crippen LogP contribution in [0, 0.1) is 0 Å². The van der Waals surface area contributed by atoms with Crippen molar-refractivity contribution in [2.75, 3.05) is 7.11 Å². The highest BCUT2D eigenvalue weighted by Gasteiger charge is 2.25. The van der Waals surface area contributed by atoms with Crippen molar-refractivity contribution < 1.29 is 4.74 Å². The minimum Gasteiger partial charge on any atom is -0.497 e. The molecule has 2 aromatic carbocycles. The van der Waals surface area contributed by atoms with Gasteiger partial charge in [-0.2, -0.15) is 0 Å². The molecule has 2 aromatic heterocycles. The normalized spacial score (nSPS) is 15.7. The van der Waals surface area contributed by atoms with Gasteiger partial charge in [0.05, 0.1) is 25.4 Å². The van der Waals surface area contributed by atoms with Crippen LogP contribution in [0.1, 0.15) is 28.0 Å². The number of hydrogen-bond donors (Lipinski definition) is 1. The van der Waals surface area contributed by atoms with Crippen LogP contribution in [0.4, 0.5) is 0 Å². The van der Waals surface area contributed by atoms with E-state index in [9.17, 15) is 4.79 Å². The van der Waals surface area contributed by atoms with Gasteiger partial charge >= 0.3 is 0 Å². The van der Waals surface area contributed by atoms with Gasteiger partial charge in [-0.05, 0) is 48.1 Å². The maximum absolute atomic E-state index is 13.2. The molecule has 6 heteroatoms. The zero-order valence-corrected chi connectivity index (χ0v) is 18.3. The number of nitrogens with one attached hydrogen (secondary N) is 1. The van der Waals surface area contributed by atoms with Gasteiger partial charge in [0.2, 0.25) is 0 Å². The Morgan fingerprint density at radius 3 is 2.71 bits per heavy atom. The van der Waals surface area contributed by atoms with Gasteiger partial charge in [-0.3, -0.25) is 9.36 Å². The lowest BCUT2D eigenvalue weighted by atomic mass is 9.93. The average Bonchev–Trinajstić information content (AvgIpc) is 3.19. The maximum Gasteiger partial charge on any atom is 0.262 e. The van der Waals surface area contributed by atoms with E-state index >= 15 is 0 Å². The Kier molecular flexibility index (Phi) is 5.57. The van der Waals surface area contributed by atoms with Crippen molar-refractivity contribution in [3.05, 3.63) is 92.8 Å². The molecule has 5 rings (SSSR count). The highest BCUT2D eigenvalue weighted by Crippen LogP contribution is 2.33. The number of hydrogen-bond acceptors (Lipinski definition) is 5. The van der Waals surface area contributed by atoms with Crippen LogP contribution in [0.25, 0.3) is 10.2 Å². The molecule has 0 saturated carbocycles. The number of ether oxygens (including phenoxy) is 1. The van der Waals surface area contributed by atoms with Crippen molar-refractivity contribution in [3.63, 3.8) is 0 Å². The summed E-state index contributed by atoms with van der Waals surface area (Å²) in [6.07, 6.45) is 4.59. The molecule has 0 spiro atoms. The Balaban J connectivity index is 1.33. The molecule has 31 heavy (non-hydrogen) atoms. The van der Waals surface area contributed by atoms with Gasteiger partial charge in [-0.1, -0.05) is 42.5 Å². The first-order chi connectivity index (χ1) is 15.2. The topological polar surface area (TPSA) is 56.1 Å². The third-order valence-electron chi connectivity index (χ3n) is 5.99. The predicted octanol–water partition coefficient (Wildman–Crippen LogP) is 4.16. The molecule has 1 unspecified atom stereocenters. The summed E-state index contributed by atoms with van der Waals surface area (Å²) in [5.41, 5.74) is 3.64. The Labute approximate surface area is 185 Å². The molecule has 158 valence electrons. The minimum atomic E-state index is 0.0796. The summed E-state index contributed by atoms with van der Waals surface area (Å²) in [4.78, 5) is 20.0. The molecule has 2 heterocycles. The van der Waals surface area contributed by atoms with Gasteiger partial charge in [-0.25, -0.2) is 4.98 Å². The van der Waals surface area contributed by atoms with Gasteiger partial charge in [0.1, 0.15) is 10.6 Å². The fraction of sp³-hybridized carbons (Fsp3) is 0.280. The van der Waals surface area contributed by atoms with E-state index < -0.39 is 0 Å². The van der Waals surface area contributed by atoms with E-state index in [1.165, 1.54) is 16.0 Å². The van der Waals surface area contributed by atoms with Crippen molar-refractivity contribution in [2.24, 2.45) is 0 Å². The molecule has 0 bridgehead atoms. The van der Waals surface area contributed by atoms with Crippen LogP contribution >= 0.6 is 11.3 Å². The Morgan fingerprint density at radius 2 is 1.94 bits per heavy atom. The molecular formula is C25H25N3O2S. The number of aryl methyl sites for hydroxylation is 1. The summed E-state index contributed by atoms with van der Waals surface area (Å²) >= 11 is 1.68. The van der Waals surface area contributed by atoms with Crippen molar-refractivity contribution >= 4 is 21.6 Å². The third-order valence-corrected chi connectivity index (χ3v) is 7.15. The van der Waals surface area contributed by atoms with E-state index in [4.69, 9.17) is 4.74 Å². The van der Waals surface area contributed by atoms with Crippen LogP contribution in [-0.2, 0) is 25.9 Å². The van der Waals surface area contributed by atoms with Crippen LogP contribution in [-0.4, -0.2) is 22.7 Å². The molecule has 1 aliphatic rings. The molecule has 0 saturated heterocycles. The largest absolute Gasteiger partial charge is 0.497 e. The lowest BCUT2D eigenvalue weighted by molar-refractivity contribution is 0.414. The van der Waals surface area contributed by atoms with Crippen LogP contribution in [0.15, 0.2) is 65.7 Å². The van der Waals surface area contributed by atoms with E-state index in [0.717, 1.165) is 47.3 Å². The van der Waals surface area contributed by atoms with E-state index in [-0.39, 0.29) is 5.56 Å². The zero-order chi connectivity index (χ0) is 21.2. The van der Waals surface area contributed by atoms with Crippen molar-refractivity contribution in [1.29, 1.82) is 0 Å². The van der Waals surface area contributed by atoms with Gasteiger partial charge in [0, 0.05) is 17.5 Å². The molecule has 1 atom stereocenters. The van der Waals surface area contributed by atoms with Gasteiger partial charge in [-0.15, -0.1) is 11.3 Å². The molecule has 1 aliphatic carbocycles. The molecule has 0 amide bonds. The Morgan fingerprint density at radius 1 is 1.13 bits per heavy atom. The summed E-state index contributed by atoms with van der Waals surface area (Å²) < 4.78 is 6.97. The van der Waals surface area contributed by atoms with Crippen LogP contribution in [0.5, 0.6) is 5.75 Å². The number of nitrogens with zero attached hydrogens (tertiary/aromatic N) is 2. The quantitative estimate of drug-likeness (QED) is 0.498. The number of methoxy groups -OCH3 is 1. The molecule has 1 N–H and O–H groups in total. The monoisotopic (exact) mass is 431 g/mol. The molecular weight excluding hydrogens is 406 g/mol. The van der Waals surface area contributed by atoms with Crippen LogP contribution < -0.4 is 15.6 Å². The van der Waals surface area contributed by atoms with E-state index in [0.29, 0.717) is 12.6 Å². The third kappa shape index (κ3) is 4.13. The van der Waals surface area contributed by atoms with Crippen molar-refractivity contribution in [1.82, 2.24) is 14.9 Å². The number of aromatic nitrogens is 2. The standard InChI is InChI=1S/C25H25N3O2S/c1-30-20-10-7-17(8-11-20)14-26-19-9-12-21-22(13-19)31-24-23(21)25(29)28(16-27-24)15-18-5-3-2-4-6-18/h2-8,10-11,16,19,26H,9,12-15H2,1H3. The van der Waals surface area contributed by atoms with Gasteiger partial charge in [0.15, 0.2) is 0 Å². The van der Waals surface area contributed by atoms with Gasteiger partial charge < -0.3 is 10.1 Å². The number of thiophene rings is 1. The maximum atomic E-state index is 13.2. The lowest BCUT2D eigenvalue weighted by Crippen LogP contribution is -2.33. The summed E-state index contributed by atoms with van der Waals surface area (Å²) in [5, 5.41) is 4.51. The summed E-state index contributed by atoms with van der Waals surface area (Å²) in [6.45, 7) is 1.39. The molecule has 4 aromatic rings. The molecule has 0 radical (unpaired) electrons. The zero-order valence-electron chi connectivity index (χ0n) is 17.5. The predicted molar refractivity (Wildman–Crippen MR) is 125 cm³/mol. The van der Waals surface area contributed by atoms with E-state index in [2.05, 4.69) is 22.4 Å². The lowest BCUT2D eigenvalue weighted by Gasteiger charge is -2.23. The Hall–Kier alpha value is -2.96. The summed E-state index contributed by atoms with van der Waals surface area (Å²) in [7, 11) is 1.68. The Bertz CT molecular complexity index is 1250. The van der Waals surface area contributed by atoms with Gasteiger partial charge in [0.25, 0.3) is 5.56 Å².